The van der Waals surface area contributed by atoms with Gasteiger partial charge in [0.1, 0.15) is 5.75 Å². The van der Waals surface area contributed by atoms with Crippen LogP contribution < -0.4 is 10.1 Å². The van der Waals surface area contributed by atoms with Crippen molar-refractivity contribution in [3.05, 3.63) is 29.8 Å². The summed E-state index contributed by atoms with van der Waals surface area (Å²) < 4.78 is 10.3. The van der Waals surface area contributed by atoms with Gasteiger partial charge in [0.25, 0.3) is 0 Å². The van der Waals surface area contributed by atoms with E-state index < -0.39 is 0 Å². The topological polar surface area (TPSA) is 63.2 Å². The number of likely N-dealkylation sites (tertiary alicyclic amines) is 1. The second kappa shape index (κ2) is 9.91. The van der Waals surface area contributed by atoms with Crippen molar-refractivity contribution >= 4 is 11.9 Å². The van der Waals surface area contributed by atoms with Crippen LogP contribution in [0, 0.1) is 5.92 Å². The fourth-order valence-corrected chi connectivity index (χ4v) is 3.03. The highest BCUT2D eigenvalue weighted by molar-refractivity contribution is 5.80. The minimum atomic E-state index is -0.0652. The summed E-state index contributed by atoms with van der Waals surface area (Å²) >= 11 is 0. The summed E-state index contributed by atoms with van der Waals surface area (Å²) in [6.45, 7) is 4.77. The molecular formula is C19H29N3O3. The molecule has 0 atom stereocenters. The molecule has 6 nitrogen and oxygen atoms in total. The summed E-state index contributed by atoms with van der Waals surface area (Å²) in [7, 11) is 3.47. The minimum absolute atomic E-state index is 0.0219. The van der Waals surface area contributed by atoms with Crippen molar-refractivity contribution in [3.63, 3.8) is 0 Å². The van der Waals surface area contributed by atoms with Crippen LogP contribution in [0.1, 0.15) is 25.3 Å². The highest BCUT2D eigenvalue weighted by Gasteiger charge is 2.27. The number of methoxy groups -OCH3 is 1. The van der Waals surface area contributed by atoms with Gasteiger partial charge in [-0.1, -0.05) is 12.1 Å². The molecule has 1 aromatic carbocycles. The second-order valence-corrected chi connectivity index (χ2v) is 6.09. The number of nitrogens with zero attached hydrogens (tertiary/aromatic N) is 2. The number of carbonyl (C=O) groups excluding carboxylic acids is 1. The van der Waals surface area contributed by atoms with Crippen LogP contribution >= 0.6 is 0 Å². The molecule has 1 fully saturated rings. The van der Waals surface area contributed by atoms with E-state index in [1.54, 1.807) is 14.2 Å². The summed E-state index contributed by atoms with van der Waals surface area (Å²) in [5.74, 6) is 1.73. The first kappa shape index (κ1) is 19.1. The Morgan fingerprint density at radius 1 is 1.28 bits per heavy atom. The van der Waals surface area contributed by atoms with Crippen molar-refractivity contribution in [3.8, 4) is 5.75 Å². The van der Waals surface area contributed by atoms with Crippen LogP contribution in [0.3, 0.4) is 0 Å². The smallest absolute Gasteiger partial charge is 0.309 e. The molecular weight excluding hydrogens is 318 g/mol. The third-order valence-corrected chi connectivity index (χ3v) is 4.48. The number of piperidine rings is 1. The van der Waals surface area contributed by atoms with Crippen LogP contribution in [0.2, 0.25) is 0 Å². The van der Waals surface area contributed by atoms with E-state index >= 15 is 0 Å². The first-order chi connectivity index (χ1) is 12.2. The van der Waals surface area contributed by atoms with Crippen LogP contribution in [0.15, 0.2) is 29.3 Å². The SMILES string of the molecule is CCOC(=O)C1CCN(C(=NC)NCCc2ccc(OC)cc2)CC1. The number of carbonyl (C=O) groups is 1. The van der Waals surface area contributed by atoms with Crippen LogP contribution in [0.25, 0.3) is 0 Å². The van der Waals surface area contributed by atoms with Gasteiger partial charge in [-0.25, -0.2) is 0 Å². The van der Waals surface area contributed by atoms with Crippen molar-refractivity contribution < 1.29 is 14.3 Å². The summed E-state index contributed by atoms with van der Waals surface area (Å²) in [4.78, 5) is 18.4. The molecule has 138 valence electrons. The highest BCUT2D eigenvalue weighted by Crippen LogP contribution is 2.18. The molecule has 0 aliphatic carbocycles. The predicted octanol–water partition coefficient (Wildman–Crippen LogP) is 2.09. The quantitative estimate of drug-likeness (QED) is 0.485. The third kappa shape index (κ3) is 5.66. The van der Waals surface area contributed by atoms with E-state index in [-0.39, 0.29) is 11.9 Å². The van der Waals surface area contributed by atoms with Gasteiger partial charge in [0.2, 0.25) is 0 Å². The summed E-state index contributed by atoms with van der Waals surface area (Å²) in [6, 6.07) is 8.11. The van der Waals surface area contributed by atoms with Crippen LogP contribution in [0.5, 0.6) is 5.75 Å². The highest BCUT2D eigenvalue weighted by atomic mass is 16.5. The first-order valence-corrected chi connectivity index (χ1v) is 8.93. The summed E-state index contributed by atoms with van der Waals surface area (Å²) in [5, 5.41) is 3.41. The number of aliphatic imine (C=N–C) groups is 1. The first-order valence-electron chi connectivity index (χ1n) is 8.93. The maximum Gasteiger partial charge on any atom is 0.309 e. The largest absolute Gasteiger partial charge is 0.497 e. The molecule has 0 bridgehead atoms. The second-order valence-electron chi connectivity index (χ2n) is 6.09. The van der Waals surface area contributed by atoms with Crippen molar-refractivity contribution in [1.82, 2.24) is 10.2 Å². The number of ether oxygens (including phenoxy) is 2. The number of guanidine groups is 1. The standard InChI is InChI=1S/C19H29N3O3/c1-4-25-18(23)16-10-13-22(14-11-16)19(20-2)21-12-9-15-5-7-17(24-3)8-6-15/h5-8,16H,4,9-14H2,1-3H3,(H,20,21). The van der Waals surface area contributed by atoms with E-state index in [0.717, 1.165) is 50.6 Å². The zero-order chi connectivity index (χ0) is 18.1. The maximum absolute atomic E-state index is 11.8. The average molecular weight is 347 g/mol. The third-order valence-electron chi connectivity index (χ3n) is 4.48. The van der Waals surface area contributed by atoms with Gasteiger partial charge in [-0.2, -0.15) is 0 Å². The van der Waals surface area contributed by atoms with Gasteiger partial charge >= 0.3 is 5.97 Å². The zero-order valence-corrected chi connectivity index (χ0v) is 15.5. The van der Waals surface area contributed by atoms with E-state index in [9.17, 15) is 4.79 Å². The Labute approximate surface area is 150 Å². The van der Waals surface area contributed by atoms with Gasteiger partial charge in [-0.05, 0) is 43.9 Å². The number of hydrogen-bond acceptors (Lipinski definition) is 4. The molecule has 0 radical (unpaired) electrons. The lowest BCUT2D eigenvalue weighted by atomic mass is 9.97. The molecule has 1 aromatic rings. The fourth-order valence-electron chi connectivity index (χ4n) is 3.03. The molecule has 0 aromatic heterocycles. The van der Waals surface area contributed by atoms with Crippen LogP contribution in [-0.2, 0) is 16.0 Å². The number of rotatable bonds is 6. The molecule has 0 amide bonds. The van der Waals surface area contributed by atoms with E-state index in [2.05, 4.69) is 27.3 Å². The Morgan fingerprint density at radius 2 is 1.96 bits per heavy atom. The molecule has 0 spiro atoms. The molecule has 2 rings (SSSR count). The Hall–Kier alpha value is -2.24. The number of benzene rings is 1. The summed E-state index contributed by atoms with van der Waals surface area (Å²) in [5.41, 5.74) is 1.25. The normalized spacial score (nSPS) is 15.8. The molecule has 25 heavy (non-hydrogen) atoms. The van der Waals surface area contributed by atoms with Gasteiger partial charge in [0.15, 0.2) is 5.96 Å². The molecule has 1 N–H and O–H groups in total. The average Bonchev–Trinajstić information content (AvgIpc) is 2.66. The predicted molar refractivity (Wildman–Crippen MR) is 99.0 cm³/mol. The zero-order valence-electron chi connectivity index (χ0n) is 15.5. The Balaban J connectivity index is 1.76. The Kier molecular flexibility index (Phi) is 7.57. The number of esters is 1. The van der Waals surface area contributed by atoms with E-state index in [1.807, 2.05) is 19.1 Å². The van der Waals surface area contributed by atoms with Gasteiger partial charge in [-0.3, -0.25) is 9.79 Å². The lowest BCUT2D eigenvalue weighted by molar-refractivity contribution is -0.149. The lowest BCUT2D eigenvalue weighted by Crippen LogP contribution is -2.47. The molecule has 1 aliphatic heterocycles. The van der Waals surface area contributed by atoms with Crippen molar-refractivity contribution in [2.45, 2.75) is 26.2 Å². The molecule has 6 heteroatoms. The van der Waals surface area contributed by atoms with Gasteiger partial charge in [-0.15, -0.1) is 0 Å². The molecule has 0 unspecified atom stereocenters. The Morgan fingerprint density at radius 3 is 2.52 bits per heavy atom. The Bertz CT molecular complexity index is 564. The number of hydrogen-bond donors (Lipinski definition) is 1. The maximum atomic E-state index is 11.8. The van der Waals surface area contributed by atoms with E-state index in [1.165, 1.54) is 5.56 Å². The lowest BCUT2D eigenvalue weighted by Gasteiger charge is -2.33. The van der Waals surface area contributed by atoms with E-state index in [0.29, 0.717) is 6.61 Å². The van der Waals surface area contributed by atoms with Crippen molar-refractivity contribution in [1.29, 1.82) is 0 Å². The fraction of sp³-hybridized carbons (Fsp3) is 0.579. The summed E-state index contributed by atoms with van der Waals surface area (Å²) in [6.07, 6.45) is 2.55. The molecule has 1 heterocycles. The monoisotopic (exact) mass is 347 g/mol. The van der Waals surface area contributed by atoms with Crippen LogP contribution in [-0.4, -0.2) is 57.2 Å². The molecule has 0 saturated carbocycles. The number of nitrogens with one attached hydrogen (secondary N) is 1. The van der Waals surface area contributed by atoms with Crippen molar-refractivity contribution in [2.24, 2.45) is 10.9 Å². The molecule has 1 aliphatic rings. The minimum Gasteiger partial charge on any atom is -0.497 e. The van der Waals surface area contributed by atoms with Crippen molar-refractivity contribution in [2.75, 3.05) is 40.4 Å². The van der Waals surface area contributed by atoms with Gasteiger partial charge in [0.05, 0.1) is 19.6 Å². The van der Waals surface area contributed by atoms with Gasteiger partial charge < -0.3 is 19.7 Å². The van der Waals surface area contributed by atoms with Gasteiger partial charge in [0, 0.05) is 26.7 Å². The molecule has 1 saturated heterocycles. The van der Waals surface area contributed by atoms with E-state index in [4.69, 9.17) is 9.47 Å². The van der Waals surface area contributed by atoms with Crippen LogP contribution in [0.4, 0.5) is 0 Å².